The fraction of sp³-hybridized carbons (Fsp3) is 0.833. The van der Waals surface area contributed by atoms with E-state index in [1.54, 1.807) is 11.8 Å². The Labute approximate surface area is 53.8 Å². The van der Waals surface area contributed by atoms with Crippen LogP contribution in [-0.4, -0.2) is 16.8 Å². The number of thioether (sulfide) groups is 1. The van der Waals surface area contributed by atoms with Crippen LogP contribution in [0.2, 0.25) is 0 Å². The van der Waals surface area contributed by atoms with Gasteiger partial charge in [-0.25, -0.2) is 0 Å². The summed E-state index contributed by atoms with van der Waals surface area (Å²) in [5, 5.41) is 0.269. The van der Waals surface area contributed by atoms with E-state index in [-0.39, 0.29) is 5.25 Å². The van der Waals surface area contributed by atoms with Crippen LogP contribution in [0.3, 0.4) is 0 Å². The van der Waals surface area contributed by atoms with Crippen molar-refractivity contribution in [2.75, 3.05) is 5.75 Å². The predicted octanol–water partition coefficient (Wildman–Crippen LogP) is 1.33. The molecule has 1 heterocycles. The zero-order valence-electron chi connectivity index (χ0n) is 5.18. The van der Waals surface area contributed by atoms with E-state index < -0.39 is 0 Å². The Kier molecular flexibility index (Phi) is 1.61. The first-order valence-corrected chi connectivity index (χ1v) is 3.92. The Morgan fingerprint density at radius 2 is 2.25 bits per heavy atom. The Morgan fingerprint density at radius 3 is 2.38 bits per heavy atom. The number of hydrogen-bond acceptors (Lipinski definition) is 2. The molecule has 2 atom stereocenters. The van der Waals surface area contributed by atoms with Crippen molar-refractivity contribution in [1.82, 2.24) is 0 Å². The molecule has 0 N–H and O–H groups in total. The molecule has 0 radical (unpaired) electrons. The van der Waals surface area contributed by atoms with Crippen molar-refractivity contribution in [1.29, 1.82) is 0 Å². The van der Waals surface area contributed by atoms with Crippen molar-refractivity contribution in [3.63, 3.8) is 0 Å². The number of carbonyl (C=O) groups is 1. The summed E-state index contributed by atoms with van der Waals surface area (Å²) in [6.45, 7) is 3.98. The minimum atomic E-state index is 0.269. The molecule has 0 spiro atoms. The Hall–Kier alpha value is 0.0200. The van der Waals surface area contributed by atoms with Gasteiger partial charge in [0.25, 0.3) is 0 Å². The monoisotopic (exact) mass is 130 g/mol. The van der Waals surface area contributed by atoms with Crippen LogP contribution in [0, 0.1) is 5.92 Å². The first-order chi connectivity index (χ1) is 3.72. The number of carbonyl (C=O) groups excluding carboxylic acids is 1. The molecule has 0 amide bonds. The first-order valence-electron chi connectivity index (χ1n) is 2.87. The van der Waals surface area contributed by atoms with Gasteiger partial charge in [0.15, 0.2) is 0 Å². The third-order valence-corrected chi connectivity index (χ3v) is 2.91. The lowest BCUT2D eigenvalue weighted by atomic mass is 10.1. The van der Waals surface area contributed by atoms with Crippen LogP contribution in [0.25, 0.3) is 0 Å². The highest BCUT2D eigenvalue weighted by molar-refractivity contribution is 8.01. The highest BCUT2D eigenvalue weighted by Gasteiger charge is 2.27. The molecule has 0 unspecified atom stereocenters. The lowest BCUT2D eigenvalue weighted by Gasteiger charge is -1.95. The third kappa shape index (κ3) is 0.895. The summed E-state index contributed by atoms with van der Waals surface area (Å²) < 4.78 is 0. The molecule has 46 valence electrons. The largest absolute Gasteiger partial charge is 0.298 e. The topological polar surface area (TPSA) is 17.1 Å². The van der Waals surface area contributed by atoms with E-state index in [0.29, 0.717) is 11.7 Å². The van der Waals surface area contributed by atoms with E-state index >= 15 is 0 Å². The summed E-state index contributed by atoms with van der Waals surface area (Å²) in [7, 11) is 0. The quantitative estimate of drug-likeness (QED) is 0.492. The standard InChI is InChI=1S/C6H10OS/c1-4-3-8-5(2)6(4)7/h4-5H,3H2,1-2H3/t4-,5-/m0/s1. The van der Waals surface area contributed by atoms with Crippen LogP contribution < -0.4 is 0 Å². The second kappa shape index (κ2) is 2.09. The van der Waals surface area contributed by atoms with Crippen molar-refractivity contribution >= 4 is 17.5 Å². The minimum Gasteiger partial charge on any atom is -0.298 e. The minimum absolute atomic E-state index is 0.269. The summed E-state index contributed by atoms with van der Waals surface area (Å²) in [5.74, 6) is 1.77. The average Bonchev–Trinajstić information content (AvgIpc) is 1.98. The molecule has 1 rings (SSSR count). The molecular weight excluding hydrogens is 120 g/mol. The number of ketones is 1. The maximum Gasteiger partial charge on any atom is 0.149 e. The maximum absolute atomic E-state index is 10.9. The van der Waals surface area contributed by atoms with Crippen molar-refractivity contribution in [3.05, 3.63) is 0 Å². The number of Topliss-reactive ketones (excluding diaryl/α,β-unsaturated/α-hetero) is 1. The Morgan fingerprint density at radius 1 is 1.62 bits per heavy atom. The summed E-state index contributed by atoms with van der Waals surface area (Å²) in [6, 6.07) is 0. The van der Waals surface area contributed by atoms with Gasteiger partial charge in [-0.1, -0.05) is 6.92 Å². The summed E-state index contributed by atoms with van der Waals surface area (Å²) in [6.07, 6.45) is 0. The molecule has 0 bridgehead atoms. The van der Waals surface area contributed by atoms with Crippen LogP contribution >= 0.6 is 11.8 Å². The van der Waals surface area contributed by atoms with E-state index in [2.05, 4.69) is 0 Å². The van der Waals surface area contributed by atoms with E-state index in [9.17, 15) is 4.79 Å². The predicted molar refractivity (Wildman–Crippen MR) is 36.1 cm³/mol. The highest BCUT2D eigenvalue weighted by Crippen LogP contribution is 2.26. The smallest absolute Gasteiger partial charge is 0.149 e. The summed E-state index contributed by atoms with van der Waals surface area (Å²) in [5.41, 5.74) is 0. The van der Waals surface area contributed by atoms with Gasteiger partial charge in [0.2, 0.25) is 0 Å². The Bertz CT molecular complexity index is 99.1. The van der Waals surface area contributed by atoms with Crippen molar-refractivity contribution in [2.45, 2.75) is 19.1 Å². The molecule has 1 fully saturated rings. The molecule has 0 aromatic rings. The highest BCUT2D eigenvalue weighted by atomic mass is 32.2. The number of rotatable bonds is 0. The van der Waals surface area contributed by atoms with Crippen LogP contribution in [0.4, 0.5) is 0 Å². The van der Waals surface area contributed by atoms with Crippen LogP contribution in [-0.2, 0) is 4.79 Å². The van der Waals surface area contributed by atoms with E-state index in [0.717, 1.165) is 5.75 Å². The summed E-state index contributed by atoms with van der Waals surface area (Å²) >= 11 is 1.76. The van der Waals surface area contributed by atoms with Gasteiger partial charge >= 0.3 is 0 Å². The van der Waals surface area contributed by atoms with Gasteiger partial charge < -0.3 is 0 Å². The van der Waals surface area contributed by atoms with Gasteiger partial charge in [0, 0.05) is 11.7 Å². The van der Waals surface area contributed by atoms with Crippen molar-refractivity contribution in [2.24, 2.45) is 5.92 Å². The molecule has 1 aliphatic heterocycles. The van der Waals surface area contributed by atoms with Gasteiger partial charge in [-0.15, -0.1) is 0 Å². The zero-order valence-corrected chi connectivity index (χ0v) is 5.99. The number of hydrogen-bond donors (Lipinski definition) is 0. The fourth-order valence-corrected chi connectivity index (χ4v) is 1.99. The molecule has 0 aliphatic carbocycles. The fourth-order valence-electron chi connectivity index (χ4n) is 0.854. The normalized spacial score (nSPS) is 38.5. The third-order valence-electron chi connectivity index (χ3n) is 1.48. The first kappa shape index (κ1) is 6.14. The second-order valence-corrected chi connectivity index (χ2v) is 3.65. The second-order valence-electron chi connectivity index (χ2n) is 2.28. The van der Waals surface area contributed by atoms with Crippen LogP contribution in [0.5, 0.6) is 0 Å². The molecule has 0 aromatic carbocycles. The summed E-state index contributed by atoms with van der Waals surface area (Å²) in [4.78, 5) is 10.9. The van der Waals surface area contributed by atoms with Gasteiger partial charge in [0.05, 0.1) is 5.25 Å². The van der Waals surface area contributed by atoms with Crippen molar-refractivity contribution < 1.29 is 4.79 Å². The zero-order chi connectivity index (χ0) is 6.15. The van der Waals surface area contributed by atoms with Crippen LogP contribution in [0.1, 0.15) is 13.8 Å². The molecular formula is C6H10OS. The van der Waals surface area contributed by atoms with Gasteiger partial charge in [-0.05, 0) is 6.92 Å². The molecule has 0 aromatic heterocycles. The van der Waals surface area contributed by atoms with Gasteiger partial charge in [-0.3, -0.25) is 4.79 Å². The molecule has 2 heteroatoms. The lowest BCUT2D eigenvalue weighted by Crippen LogP contribution is -2.12. The Balaban J connectivity index is 2.57. The average molecular weight is 130 g/mol. The SMILES string of the molecule is C[C@@H]1SC[C@H](C)C1=O. The maximum atomic E-state index is 10.9. The molecule has 8 heavy (non-hydrogen) atoms. The van der Waals surface area contributed by atoms with Crippen LogP contribution in [0.15, 0.2) is 0 Å². The van der Waals surface area contributed by atoms with Gasteiger partial charge in [-0.2, -0.15) is 11.8 Å². The van der Waals surface area contributed by atoms with E-state index in [1.807, 2.05) is 13.8 Å². The molecule has 0 saturated carbocycles. The van der Waals surface area contributed by atoms with E-state index in [4.69, 9.17) is 0 Å². The molecule has 1 nitrogen and oxygen atoms in total. The molecule has 1 saturated heterocycles. The molecule has 1 aliphatic rings. The van der Waals surface area contributed by atoms with Crippen molar-refractivity contribution in [3.8, 4) is 0 Å². The van der Waals surface area contributed by atoms with Gasteiger partial charge in [0.1, 0.15) is 5.78 Å². The lowest BCUT2D eigenvalue weighted by molar-refractivity contribution is -0.120. The van der Waals surface area contributed by atoms with E-state index in [1.165, 1.54) is 0 Å².